The summed E-state index contributed by atoms with van der Waals surface area (Å²) >= 11 is 7.48. The van der Waals surface area contributed by atoms with Crippen LogP contribution in [0, 0.1) is 6.92 Å². The zero-order chi connectivity index (χ0) is 28.8. The van der Waals surface area contributed by atoms with Crippen LogP contribution in [-0.4, -0.2) is 74.8 Å². The minimum atomic E-state index is -4.73. The number of fused-ring (bicyclic) bond motifs is 1. The summed E-state index contributed by atoms with van der Waals surface area (Å²) in [5.74, 6) is 0.101. The number of hydrogen-bond acceptors (Lipinski definition) is 7. The lowest BCUT2D eigenvalue weighted by Gasteiger charge is -2.42. The Kier molecular flexibility index (Phi) is 7.79. The molecule has 1 aromatic carbocycles. The molecule has 1 aliphatic heterocycles. The lowest BCUT2D eigenvalue weighted by Crippen LogP contribution is -2.55. The molecular formula is C27H27ClF3N5O3S. The largest absolute Gasteiger partial charge is 0.497 e. The minimum Gasteiger partial charge on any atom is -0.497 e. The van der Waals surface area contributed by atoms with Gasteiger partial charge in [-0.1, -0.05) is 11.6 Å². The number of aliphatic hydroxyl groups is 1. The first-order valence-corrected chi connectivity index (χ1v) is 13.7. The lowest BCUT2D eigenvalue weighted by molar-refractivity contribution is -0.143. The molecule has 0 saturated carbocycles. The maximum Gasteiger partial charge on any atom is 0.433 e. The second kappa shape index (κ2) is 11.0. The third-order valence-corrected chi connectivity index (χ3v) is 8.53. The van der Waals surface area contributed by atoms with E-state index in [1.807, 2.05) is 13.0 Å². The summed E-state index contributed by atoms with van der Waals surface area (Å²) in [4.78, 5) is 22.9. The third-order valence-electron chi connectivity index (χ3n) is 7.20. The zero-order valence-electron chi connectivity index (χ0n) is 21.9. The molecule has 1 N–H and O–H groups in total. The molecule has 212 valence electrons. The number of ether oxygens (including phenoxy) is 1. The number of alkyl halides is 3. The van der Waals surface area contributed by atoms with Gasteiger partial charge in [-0.3, -0.25) is 9.69 Å². The fraction of sp³-hybridized carbons (Fsp3) is 0.370. The van der Waals surface area contributed by atoms with E-state index in [0.29, 0.717) is 39.8 Å². The van der Waals surface area contributed by atoms with Crippen molar-refractivity contribution in [3.8, 4) is 17.0 Å². The molecule has 5 rings (SSSR count). The van der Waals surface area contributed by atoms with Crippen LogP contribution in [0.2, 0.25) is 4.34 Å². The number of rotatable bonds is 6. The van der Waals surface area contributed by atoms with Gasteiger partial charge in [0.2, 0.25) is 0 Å². The fourth-order valence-corrected chi connectivity index (χ4v) is 6.39. The Bertz CT molecular complexity index is 1540. The van der Waals surface area contributed by atoms with Crippen LogP contribution in [0.3, 0.4) is 0 Å². The Morgan fingerprint density at radius 2 is 1.95 bits per heavy atom. The van der Waals surface area contributed by atoms with Crippen molar-refractivity contribution in [3.63, 3.8) is 0 Å². The van der Waals surface area contributed by atoms with Gasteiger partial charge in [0.15, 0.2) is 11.3 Å². The number of aliphatic hydroxyl groups excluding tert-OH is 1. The molecule has 13 heteroatoms. The fourth-order valence-electron chi connectivity index (χ4n) is 5.21. The minimum absolute atomic E-state index is 0.00990. The first kappa shape index (κ1) is 28.3. The Morgan fingerprint density at radius 1 is 1.23 bits per heavy atom. The molecule has 1 aliphatic rings. The standard InChI is InChI=1S/C27H27ClF3N5O3S/c1-15-13-34(20(14-37)21-8-9-22(28)40-21)10-11-35(15)26(38)19-12-32-36-24(27(29,30)31)16(2)23(33-25(19)36)17-4-6-18(39-3)7-5-17/h4-9,12,15,20,37H,10-11,13-14H2,1-3H3/t15-,20+/m1/s1. The van der Waals surface area contributed by atoms with Crippen LogP contribution in [-0.2, 0) is 6.18 Å². The summed E-state index contributed by atoms with van der Waals surface area (Å²) in [6.45, 7) is 4.35. The molecule has 0 unspecified atom stereocenters. The van der Waals surface area contributed by atoms with Crippen LogP contribution >= 0.6 is 22.9 Å². The molecule has 3 aromatic heterocycles. The average molecular weight is 594 g/mol. The maximum absolute atomic E-state index is 14.3. The van der Waals surface area contributed by atoms with Gasteiger partial charge in [0.05, 0.1) is 36.0 Å². The summed E-state index contributed by atoms with van der Waals surface area (Å²) in [6, 6.07) is 9.65. The monoisotopic (exact) mass is 593 g/mol. The van der Waals surface area contributed by atoms with E-state index >= 15 is 0 Å². The molecule has 40 heavy (non-hydrogen) atoms. The normalized spacial score (nSPS) is 17.4. The molecule has 1 saturated heterocycles. The maximum atomic E-state index is 14.3. The average Bonchev–Trinajstić information content (AvgIpc) is 3.53. The van der Waals surface area contributed by atoms with E-state index in [4.69, 9.17) is 16.3 Å². The quantitative estimate of drug-likeness (QED) is 0.326. The summed E-state index contributed by atoms with van der Waals surface area (Å²) in [5.41, 5.74) is -0.695. The molecule has 0 radical (unpaired) electrons. The molecule has 4 heterocycles. The summed E-state index contributed by atoms with van der Waals surface area (Å²) in [6.07, 6.45) is -3.58. The zero-order valence-corrected chi connectivity index (χ0v) is 23.5. The van der Waals surface area contributed by atoms with Gasteiger partial charge < -0.3 is 14.7 Å². The lowest BCUT2D eigenvalue weighted by atomic mass is 10.0. The summed E-state index contributed by atoms with van der Waals surface area (Å²) in [7, 11) is 1.50. The Balaban J connectivity index is 1.49. The highest BCUT2D eigenvalue weighted by Crippen LogP contribution is 2.37. The molecular weight excluding hydrogens is 567 g/mol. The molecule has 2 atom stereocenters. The van der Waals surface area contributed by atoms with Crippen molar-refractivity contribution in [2.24, 2.45) is 0 Å². The highest BCUT2D eigenvalue weighted by molar-refractivity contribution is 7.16. The number of thiophene rings is 1. The van der Waals surface area contributed by atoms with E-state index in [1.54, 1.807) is 35.2 Å². The van der Waals surface area contributed by atoms with Gasteiger partial charge in [0.1, 0.15) is 11.3 Å². The van der Waals surface area contributed by atoms with Gasteiger partial charge >= 0.3 is 6.18 Å². The highest BCUT2D eigenvalue weighted by atomic mass is 35.5. The first-order chi connectivity index (χ1) is 19.0. The van der Waals surface area contributed by atoms with E-state index in [9.17, 15) is 23.1 Å². The number of methoxy groups -OCH3 is 1. The number of amides is 1. The van der Waals surface area contributed by atoms with E-state index < -0.39 is 17.8 Å². The van der Waals surface area contributed by atoms with Crippen molar-refractivity contribution < 1.29 is 27.8 Å². The highest BCUT2D eigenvalue weighted by Gasteiger charge is 2.40. The SMILES string of the molecule is COc1ccc(-c2nc3c(C(=O)N4CCN([C@@H](CO)c5ccc(Cl)s5)C[C@H]4C)cnn3c(C(F)(F)F)c2C)cc1. The third kappa shape index (κ3) is 5.16. The first-order valence-electron chi connectivity index (χ1n) is 12.5. The van der Waals surface area contributed by atoms with E-state index in [0.717, 1.165) is 11.1 Å². The van der Waals surface area contributed by atoms with Crippen molar-refractivity contribution in [1.29, 1.82) is 0 Å². The number of benzene rings is 1. The predicted octanol–water partition coefficient (Wildman–Crippen LogP) is 5.33. The van der Waals surface area contributed by atoms with Crippen molar-refractivity contribution in [3.05, 3.63) is 68.6 Å². The van der Waals surface area contributed by atoms with Crippen LogP contribution in [0.25, 0.3) is 16.9 Å². The van der Waals surface area contributed by atoms with Crippen LogP contribution < -0.4 is 4.74 Å². The van der Waals surface area contributed by atoms with Crippen molar-refractivity contribution in [2.45, 2.75) is 32.1 Å². The van der Waals surface area contributed by atoms with Gasteiger partial charge in [0.25, 0.3) is 5.91 Å². The number of nitrogens with zero attached hydrogens (tertiary/aromatic N) is 5. The molecule has 1 fully saturated rings. The van der Waals surface area contributed by atoms with Crippen LogP contribution in [0.5, 0.6) is 5.75 Å². The van der Waals surface area contributed by atoms with Gasteiger partial charge in [-0.15, -0.1) is 11.3 Å². The second-order valence-corrected chi connectivity index (χ2v) is 11.4. The van der Waals surface area contributed by atoms with E-state index in [-0.39, 0.29) is 41.2 Å². The van der Waals surface area contributed by atoms with Crippen LogP contribution in [0.15, 0.2) is 42.6 Å². The number of carbonyl (C=O) groups excluding carboxylic acids is 1. The van der Waals surface area contributed by atoms with Gasteiger partial charge in [0, 0.05) is 41.7 Å². The smallest absolute Gasteiger partial charge is 0.433 e. The molecule has 0 spiro atoms. The number of carbonyl (C=O) groups is 1. The molecule has 4 aromatic rings. The van der Waals surface area contributed by atoms with Gasteiger partial charge in [-0.05, 0) is 50.2 Å². The van der Waals surface area contributed by atoms with Crippen LogP contribution in [0.1, 0.15) is 39.5 Å². The number of piperazine rings is 1. The van der Waals surface area contributed by atoms with Crippen LogP contribution in [0.4, 0.5) is 13.2 Å². The molecule has 0 bridgehead atoms. The predicted molar refractivity (Wildman–Crippen MR) is 146 cm³/mol. The number of hydrogen-bond donors (Lipinski definition) is 1. The molecule has 8 nitrogen and oxygen atoms in total. The van der Waals surface area contributed by atoms with Crippen molar-refractivity contribution >= 4 is 34.5 Å². The van der Waals surface area contributed by atoms with Gasteiger partial charge in [-0.25, -0.2) is 9.50 Å². The second-order valence-electron chi connectivity index (χ2n) is 9.64. The summed E-state index contributed by atoms with van der Waals surface area (Å²) in [5, 5.41) is 14.0. The van der Waals surface area contributed by atoms with E-state index in [2.05, 4.69) is 15.0 Å². The van der Waals surface area contributed by atoms with Crippen molar-refractivity contribution in [1.82, 2.24) is 24.4 Å². The number of halogens is 4. The topological polar surface area (TPSA) is 83.2 Å². The Hall–Kier alpha value is -3.19. The van der Waals surface area contributed by atoms with E-state index in [1.165, 1.54) is 25.4 Å². The van der Waals surface area contributed by atoms with Crippen molar-refractivity contribution in [2.75, 3.05) is 33.4 Å². The molecule has 1 amide bonds. The molecule has 0 aliphatic carbocycles. The Morgan fingerprint density at radius 3 is 2.52 bits per heavy atom. The van der Waals surface area contributed by atoms with Gasteiger partial charge in [-0.2, -0.15) is 18.3 Å². The Labute approximate surface area is 237 Å². The summed E-state index contributed by atoms with van der Waals surface area (Å²) < 4.78 is 49.3. The number of aromatic nitrogens is 3.